The van der Waals surface area contributed by atoms with E-state index in [0.29, 0.717) is 0 Å². The number of hydrogen-bond donors (Lipinski definition) is 0. The van der Waals surface area contributed by atoms with Crippen LogP contribution in [0.15, 0.2) is 39.1 Å². The second-order valence-corrected chi connectivity index (χ2v) is 5.12. The molecule has 5 heteroatoms. The zero-order valence-corrected chi connectivity index (χ0v) is 12.2. The van der Waals surface area contributed by atoms with Crippen LogP contribution in [0.3, 0.4) is 0 Å². The van der Waals surface area contributed by atoms with Crippen molar-refractivity contribution in [2.45, 2.75) is 6.42 Å². The molecule has 0 bridgehead atoms. The molecule has 0 saturated heterocycles. The van der Waals surface area contributed by atoms with Crippen LogP contribution >= 0.6 is 15.9 Å². The highest BCUT2D eigenvalue weighted by atomic mass is 79.9. The normalized spacial score (nSPS) is 11.4. The van der Waals surface area contributed by atoms with Crippen molar-refractivity contribution in [1.29, 1.82) is 0 Å². The van der Waals surface area contributed by atoms with Crippen LogP contribution in [-0.4, -0.2) is 44.1 Å². The summed E-state index contributed by atoms with van der Waals surface area (Å²) in [4.78, 5) is 2.17. The molecular formula is C12H19BrN4. The smallest absolute Gasteiger partial charge is 0.0875 e. The molecular weight excluding hydrogens is 280 g/mol. The van der Waals surface area contributed by atoms with Crippen LogP contribution in [0.2, 0.25) is 0 Å². The topological polar surface area (TPSA) is 31.2 Å². The van der Waals surface area contributed by atoms with Crippen LogP contribution in [-0.2, 0) is 0 Å². The Morgan fingerprint density at radius 1 is 1.06 bits per heavy atom. The molecule has 0 N–H and O–H groups in total. The molecule has 1 rings (SSSR count). The van der Waals surface area contributed by atoms with Gasteiger partial charge in [-0.3, -0.25) is 5.01 Å². The Balaban J connectivity index is 2.34. The summed E-state index contributed by atoms with van der Waals surface area (Å²) in [6.07, 6.45) is 1.09. The number of hydrogen-bond acceptors (Lipinski definition) is 3. The maximum atomic E-state index is 4.16. The van der Waals surface area contributed by atoms with Crippen LogP contribution in [0.25, 0.3) is 0 Å². The van der Waals surface area contributed by atoms with Gasteiger partial charge in [0.15, 0.2) is 0 Å². The molecule has 0 radical (unpaired) electrons. The molecule has 0 aromatic heterocycles. The van der Waals surface area contributed by atoms with Gasteiger partial charge >= 0.3 is 0 Å². The monoisotopic (exact) mass is 298 g/mol. The molecule has 0 unspecified atom stereocenters. The van der Waals surface area contributed by atoms with Crippen LogP contribution in [0.5, 0.6) is 0 Å². The van der Waals surface area contributed by atoms with Crippen molar-refractivity contribution in [3.05, 3.63) is 28.7 Å². The summed E-state index contributed by atoms with van der Waals surface area (Å²) in [6.45, 7) is 1.98. The Morgan fingerprint density at radius 2 is 1.71 bits per heavy atom. The minimum absolute atomic E-state index is 0.868. The van der Waals surface area contributed by atoms with Gasteiger partial charge in [-0.2, -0.15) is 0 Å². The summed E-state index contributed by atoms with van der Waals surface area (Å²) < 4.78 is 1.05. The Bertz CT molecular complexity index is 348. The van der Waals surface area contributed by atoms with E-state index in [9.17, 15) is 0 Å². The lowest BCUT2D eigenvalue weighted by molar-refractivity contribution is 0.298. The van der Waals surface area contributed by atoms with Crippen molar-refractivity contribution in [3.63, 3.8) is 0 Å². The van der Waals surface area contributed by atoms with E-state index >= 15 is 0 Å². The van der Waals surface area contributed by atoms with Crippen LogP contribution in [0.4, 0.5) is 5.69 Å². The summed E-state index contributed by atoms with van der Waals surface area (Å²) in [7, 11) is 6.09. The van der Waals surface area contributed by atoms with Gasteiger partial charge in [-0.05, 0) is 51.3 Å². The minimum atomic E-state index is 0.868. The molecule has 0 aliphatic heterocycles. The molecule has 0 atom stereocenters. The van der Waals surface area contributed by atoms with E-state index in [-0.39, 0.29) is 0 Å². The van der Waals surface area contributed by atoms with Gasteiger partial charge in [0.2, 0.25) is 0 Å². The Morgan fingerprint density at radius 3 is 2.29 bits per heavy atom. The predicted molar refractivity (Wildman–Crippen MR) is 74.5 cm³/mol. The van der Waals surface area contributed by atoms with Crippen molar-refractivity contribution in [2.24, 2.45) is 10.3 Å². The highest BCUT2D eigenvalue weighted by Gasteiger charge is 1.95. The van der Waals surface area contributed by atoms with Crippen molar-refractivity contribution in [2.75, 3.05) is 34.2 Å². The molecule has 0 spiro atoms. The highest BCUT2D eigenvalue weighted by molar-refractivity contribution is 9.10. The fraction of sp³-hybridized carbons (Fsp3) is 0.500. The Labute approximate surface area is 111 Å². The second kappa shape index (κ2) is 7.40. The van der Waals surface area contributed by atoms with Gasteiger partial charge in [0.05, 0.1) is 5.69 Å². The molecule has 0 amide bonds. The lowest BCUT2D eigenvalue weighted by Gasteiger charge is -2.13. The number of benzene rings is 1. The minimum Gasteiger partial charge on any atom is -0.309 e. The van der Waals surface area contributed by atoms with E-state index in [1.165, 1.54) is 0 Å². The maximum absolute atomic E-state index is 4.16. The van der Waals surface area contributed by atoms with E-state index in [1.54, 1.807) is 0 Å². The van der Waals surface area contributed by atoms with Gasteiger partial charge in [-0.25, -0.2) is 0 Å². The Kier molecular flexibility index (Phi) is 6.15. The molecule has 0 aliphatic rings. The molecule has 4 nitrogen and oxygen atoms in total. The summed E-state index contributed by atoms with van der Waals surface area (Å²) in [6, 6.07) is 7.78. The number of nitrogens with zero attached hydrogens (tertiary/aromatic N) is 4. The second-order valence-electron chi connectivity index (χ2n) is 4.20. The van der Waals surface area contributed by atoms with E-state index < -0.39 is 0 Å². The van der Waals surface area contributed by atoms with Gasteiger partial charge in [-0.15, -0.1) is 5.11 Å². The Hall–Kier alpha value is -0.940. The number of rotatable bonds is 6. The van der Waals surface area contributed by atoms with E-state index in [1.807, 2.05) is 36.3 Å². The predicted octanol–water partition coefficient (Wildman–Crippen LogP) is 3.33. The first-order valence-electron chi connectivity index (χ1n) is 5.61. The molecule has 1 aromatic carbocycles. The maximum Gasteiger partial charge on any atom is 0.0875 e. The SMILES string of the molecule is CN(C)CCCN(C)N=Nc1ccc(Br)cc1. The summed E-state index contributed by atoms with van der Waals surface area (Å²) >= 11 is 3.39. The average Bonchev–Trinajstić information content (AvgIpc) is 2.28. The largest absolute Gasteiger partial charge is 0.309 e. The summed E-state index contributed by atoms with van der Waals surface area (Å²) in [5.74, 6) is 0. The van der Waals surface area contributed by atoms with E-state index in [0.717, 1.165) is 29.7 Å². The molecule has 94 valence electrons. The lowest BCUT2D eigenvalue weighted by Crippen LogP contribution is -2.19. The summed E-state index contributed by atoms with van der Waals surface area (Å²) in [5.41, 5.74) is 0.868. The first-order valence-corrected chi connectivity index (χ1v) is 6.40. The van der Waals surface area contributed by atoms with Crippen molar-refractivity contribution in [3.8, 4) is 0 Å². The molecule has 0 heterocycles. The third-order valence-electron chi connectivity index (χ3n) is 2.23. The van der Waals surface area contributed by atoms with Gasteiger partial charge in [0, 0.05) is 18.1 Å². The van der Waals surface area contributed by atoms with E-state index in [4.69, 9.17) is 0 Å². The zero-order valence-electron chi connectivity index (χ0n) is 10.6. The quantitative estimate of drug-likeness (QED) is 0.596. The molecule has 0 saturated carbocycles. The van der Waals surface area contributed by atoms with Gasteiger partial charge < -0.3 is 4.90 Å². The zero-order chi connectivity index (χ0) is 12.7. The third-order valence-corrected chi connectivity index (χ3v) is 2.76. The lowest BCUT2D eigenvalue weighted by atomic mass is 10.3. The summed E-state index contributed by atoms with van der Waals surface area (Å²) in [5, 5.41) is 10.2. The van der Waals surface area contributed by atoms with Crippen molar-refractivity contribution >= 4 is 21.6 Å². The highest BCUT2D eigenvalue weighted by Crippen LogP contribution is 2.17. The van der Waals surface area contributed by atoms with Gasteiger partial charge in [0.1, 0.15) is 0 Å². The van der Waals surface area contributed by atoms with Crippen LogP contribution in [0, 0.1) is 0 Å². The first-order chi connectivity index (χ1) is 8.08. The first kappa shape index (κ1) is 14.1. The van der Waals surface area contributed by atoms with Crippen molar-refractivity contribution < 1.29 is 0 Å². The molecule has 17 heavy (non-hydrogen) atoms. The van der Waals surface area contributed by atoms with Gasteiger partial charge in [-0.1, -0.05) is 21.2 Å². The van der Waals surface area contributed by atoms with Gasteiger partial charge in [0.25, 0.3) is 0 Å². The fourth-order valence-corrected chi connectivity index (χ4v) is 1.56. The molecule has 1 aromatic rings. The van der Waals surface area contributed by atoms with Crippen molar-refractivity contribution in [1.82, 2.24) is 9.91 Å². The average molecular weight is 299 g/mol. The van der Waals surface area contributed by atoms with E-state index in [2.05, 4.69) is 45.3 Å². The van der Waals surface area contributed by atoms with Crippen LogP contribution < -0.4 is 0 Å². The molecule has 0 fully saturated rings. The van der Waals surface area contributed by atoms with Crippen LogP contribution in [0.1, 0.15) is 6.42 Å². The number of halogens is 1. The third kappa shape index (κ3) is 6.38. The fourth-order valence-electron chi connectivity index (χ4n) is 1.30. The molecule has 0 aliphatic carbocycles. The standard InChI is InChI=1S/C12H19BrN4/c1-16(2)9-4-10-17(3)15-14-12-7-5-11(13)6-8-12/h5-8H,4,9-10H2,1-3H3.